The summed E-state index contributed by atoms with van der Waals surface area (Å²) in [5, 5.41) is 3.02. The van der Waals surface area contributed by atoms with Gasteiger partial charge in [-0.05, 0) is 6.42 Å². The molecule has 1 radical (unpaired) electrons. The first-order valence-corrected chi connectivity index (χ1v) is 3.94. The Kier molecular flexibility index (Phi) is 3.47. The lowest BCUT2D eigenvalue weighted by Gasteiger charge is -2.15. The highest BCUT2D eigenvalue weighted by atomic mass is 16.1. The summed E-state index contributed by atoms with van der Waals surface area (Å²) < 4.78 is 1.93. The molecule has 4 nitrogen and oxygen atoms in total. The zero-order valence-electron chi connectivity index (χ0n) is 7.03. The molecule has 0 aromatic carbocycles. The topological polar surface area (TPSA) is 46.9 Å². The van der Waals surface area contributed by atoms with Crippen LogP contribution in [0.25, 0.3) is 0 Å². The van der Waals surface area contributed by atoms with Crippen LogP contribution in [0.4, 0.5) is 0 Å². The maximum atomic E-state index is 9.98. The lowest BCUT2D eigenvalue weighted by atomic mass is 10.3. The van der Waals surface area contributed by atoms with Crippen molar-refractivity contribution in [1.29, 1.82) is 0 Å². The van der Waals surface area contributed by atoms with Crippen LogP contribution in [0, 0.1) is 0 Å². The fraction of sp³-hybridized carbons (Fsp3) is 0.500. The lowest BCUT2D eigenvalue weighted by molar-refractivity contribution is 0.408. The van der Waals surface area contributed by atoms with Gasteiger partial charge in [-0.3, -0.25) is 10.1 Å². The Hall–Kier alpha value is -1.16. The van der Waals surface area contributed by atoms with Crippen molar-refractivity contribution in [2.24, 2.45) is 0 Å². The molecule has 1 aromatic heterocycles. The molecular weight excluding hydrogens is 154 g/mol. The van der Waals surface area contributed by atoms with Gasteiger partial charge in [-0.25, -0.2) is 4.98 Å². The van der Waals surface area contributed by atoms with Crippen LogP contribution < -0.4 is 5.32 Å². The Morgan fingerprint density at radius 2 is 2.58 bits per heavy atom. The quantitative estimate of drug-likeness (QED) is 0.692. The lowest BCUT2D eigenvalue weighted by Crippen LogP contribution is -2.26. The molecular formula is C8H12N3O. The Morgan fingerprint density at radius 3 is 3.08 bits per heavy atom. The zero-order valence-corrected chi connectivity index (χ0v) is 7.03. The van der Waals surface area contributed by atoms with Gasteiger partial charge in [0, 0.05) is 12.4 Å². The van der Waals surface area contributed by atoms with Gasteiger partial charge in [-0.2, -0.15) is 0 Å². The number of rotatable bonds is 5. The van der Waals surface area contributed by atoms with Gasteiger partial charge in [-0.15, -0.1) is 0 Å². The van der Waals surface area contributed by atoms with E-state index in [1.165, 1.54) is 0 Å². The van der Waals surface area contributed by atoms with Gasteiger partial charge in [0.1, 0.15) is 0 Å². The van der Waals surface area contributed by atoms with Crippen LogP contribution in [-0.2, 0) is 4.79 Å². The molecule has 0 amide bonds. The summed E-state index contributed by atoms with van der Waals surface area (Å²) in [7, 11) is 0. The molecule has 0 saturated heterocycles. The number of aromatic nitrogens is 2. The highest BCUT2D eigenvalue weighted by Crippen LogP contribution is 2.04. The van der Waals surface area contributed by atoms with Crippen LogP contribution in [-0.4, -0.2) is 22.4 Å². The highest BCUT2D eigenvalue weighted by Gasteiger charge is 2.04. The fourth-order valence-electron chi connectivity index (χ4n) is 1.07. The van der Waals surface area contributed by atoms with Crippen molar-refractivity contribution < 1.29 is 4.79 Å². The van der Waals surface area contributed by atoms with Gasteiger partial charge < -0.3 is 4.57 Å². The van der Waals surface area contributed by atoms with Gasteiger partial charge in [-0.1, -0.05) is 6.92 Å². The van der Waals surface area contributed by atoms with Gasteiger partial charge in [0.15, 0.2) is 0 Å². The van der Waals surface area contributed by atoms with Crippen molar-refractivity contribution in [2.45, 2.75) is 19.5 Å². The average molecular weight is 166 g/mol. The summed E-state index contributed by atoms with van der Waals surface area (Å²) in [6.45, 7) is 2.30. The van der Waals surface area contributed by atoms with Crippen LogP contribution in [0.1, 0.15) is 19.5 Å². The van der Waals surface area contributed by atoms with Crippen LogP contribution in [0.3, 0.4) is 0 Å². The summed E-state index contributed by atoms with van der Waals surface area (Å²) >= 11 is 0. The average Bonchev–Trinajstić information content (AvgIpc) is 2.59. The van der Waals surface area contributed by atoms with Gasteiger partial charge >= 0.3 is 0 Å². The Bertz CT molecular complexity index is 220. The molecule has 1 unspecified atom stereocenters. The van der Waals surface area contributed by atoms with E-state index in [0.717, 1.165) is 6.42 Å². The van der Waals surface area contributed by atoms with E-state index in [2.05, 4.69) is 10.3 Å². The van der Waals surface area contributed by atoms with E-state index < -0.39 is 0 Å². The number of imidazole rings is 1. The third kappa shape index (κ3) is 2.17. The maximum Gasteiger partial charge on any atom is 0.213 e. The Labute approximate surface area is 71.6 Å². The van der Waals surface area contributed by atoms with Gasteiger partial charge in [0.25, 0.3) is 0 Å². The second-order valence-electron chi connectivity index (χ2n) is 2.46. The molecule has 12 heavy (non-hydrogen) atoms. The minimum absolute atomic E-state index is 0.147. The summed E-state index contributed by atoms with van der Waals surface area (Å²) in [4.78, 5) is 13.9. The van der Waals surface area contributed by atoms with Crippen LogP contribution in [0.2, 0.25) is 0 Å². The van der Waals surface area contributed by atoms with Gasteiger partial charge in [0.2, 0.25) is 6.29 Å². The molecule has 0 aliphatic rings. The molecule has 1 N–H and O–H groups in total. The predicted octanol–water partition coefficient (Wildman–Crippen LogP) is 0.491. The number of carbonyl (C=O) groups excluding carboxylic acids is 1. The molecule has 1 rings (SSSR count). The number of nitrogens with one attached hydrogen (secondary N) is 1. The minimum Gasteiger partial charge on any atom is -0.321 e. The Morgan fingerprint density at radius 1 is 1.75 bits per heavy atom. The molecule has 65 valence electrons. The third-order valence-electron chi connectivity index (χ3n) is 1.68. The maximum absolute atomic E-state index is 9.98. The van der Waals surface area contributed by atoms with E-state index in [0.29, 0.717) is 0 Å². The van der Waals surface area contributed by atoms with E-state index in [1.807, 2.05) is 17.7 Å². The number of hydrogen-bond acceptors (Lipinski definition) is 3. The SMILES string of the molecule is CCC(NC[C]=O)n1ccnc1. The molecule has 0 spiro atoms. The minimum atomic E-state index is 0.147. The second kappa shape index (κ2) is 4.66. The molecule has 1 aromatic rings. The van der Waals surface area contributed by atoms with Crippen LogP contribution in [0.15, 0.2) is 18.7 Å². The third-order valence-corrected chi connectivity index (χ3v) is 1.68. The first kappa shape index (κ1) is 8.93. The predicted molar refractivity (Wildman–Crippen MR) is 45.3 cm³/mol. The van der Waals surface area contributed by atoms with E-state index in [9.17, 15) is 4.79 Å². The fourth-order valence-corrected chi connectivity index (χ4v) is 1.07. The molecule has 1 heterocycles. The summed E-state index contributed by atoms with van der Waals surface area (Å²) in [6.07, 6.45) is 8.17. The standard InChI is InChI=1S/C8H12N3O/c1-2-8(10-4-6-12)11-5-3-9-7-11/h3,5,7-8,10H,2,4H2,1H3. The van der Waals surface area contributed by atoms with Crippen molar-refractivity contribution in [3.8, 4) is 0 Å². The molecule has 1 atom stereocenters. The zero-order chi connectivity index (χ0) is 8.81. The summed E-state index contributed by atoms with van der Waals surface area (Å²) in [6, 6.07) is 0. The van der Waals surface area contributed by atoms with Crippen LogP contribution >= 0.6 is 0 Å². The van der Waals surface area contributed by atoms with Crippen molar-refractivity contribution in [2.75, 3.05) is 6.54 Å². The molecule has 0 fully saturated rings. The molecule has 0 aliphatic heterocycles. The van der Waals surface area contributed by atoms with Crippen molar-refractivity contribution >= 4 is 6.29 Å². The monoisotopic (exact) mass is 166 g/mol. The molecule has 0 saturated carbocycles. The van der Waals surface area contributed by atoms with Gasteiger partial charge in [0.05, 0.1) is 19.0 Å². The van der Waals surface area contributed by atoms with E-state index in [-0.39, 0.29) is 12.7 Å². The largest absolute Gasteiger partial charge is 0.321 e. The Balaban J connectivity index is 2.51. The normalized spacial score (nSPS) is 12.8. The number of nitrogens with zero attached hydrogens (tertiary/aromatic N) is 2. The first-order valence-electron chi connectivity index (χ1n) is 3.94. The smallest absolute Gasteiger partial charge is 0.213 e. The summed E-state index contributed by atoms with van der Waals surface area (Å²) in [5.74, 6) is 0. The molecule has 0 aliphatic carbocycles. The van der Waals surface area contributed by atoms with E-state index in [4.69, 9.17) is 0 Å². The molecule has 4 heteroatoms. The van der Waals surface area contributed by atoms with Crippen molar-refractivity contribution in [1.82, 2.24) is 14.9 Å². The van der Waals surface area contributed by atoms with Crippen molar-refractivity contribution in [3.05, 3.63) is 18.7 Å². The molecule has 0 bridgehead atoms. The van der Waals surface area contributed by atoms with Crippen LogP contribution in [0.5, 0.6) is 0 Å². The first-order chi connectivity index (χ1) is 5.88. The number of hydrogen-bond donors (Lipinski definition) is 1. The van der Waals surface area contributed by atoms with E-state index in [1.54, 1.807) is 18.8 Å². The van der Waals surface area contributed by atoms with Crippen molar-refractivity contribution in [3.63, 3.8) is 0 Å². The van der Waals surface area contributed by atoms with E-state index >= 15 is 0 Å². The summed E-state index contributed by atoms with van der Waals surface area (Å²) in [5.41, 5.74) is 0. The highest BCUT2D eigenvalue weighted by molar-refractivity contribution is 5.52. The second-order valence-corrected chi connectivity index (χ2v) is 2.46.